The van der Waals surface area contributed by atoms with E-state index in [1.807, 2.05) is 13.1 Å². The van der Waals surface area contributed by atoms with Crippen LogP contribution in [-0.4, -0.2) is 38.0 Å². The molecule has 6 heteroatoms. The second-order valence-corrected chi connectivity index (χ2v) is 8.66. The summed E-state index contributed by atoms with van der Waals surface area (Å²) >= 11 is 0. The highest BCUT2D eigenvalue weighted by Gasteiger charge is 2.21. The van der Waals surface area contributed by atoms with Crippen molar-refractivity contribution in [1.29, 1.82) is 0 Å². The molecule has 0 N–H and O–H groups in total. The van der Waals surface area contributed by atoms with Crippen LogP contribution in [0.4, 0.5) is 0 Å². The van der Waals surface area contributed by atoms with Gasteiger partial charge in [0.1, 0.15) is 0 Å². The molecule has 0 bridgehead atoms. The lowest BCUT2D eigenvalue weighted by Crippen LogP contribution is -2.34. The van der Waals surface area contributed by atoms with Gasteiger partial charge in [0.25, 0.3) is 0 Å². The monoisotopic (exact) mass is 234 g/mol. The van der Waals surface area contributed by atoms with Gasteiger partial charge in [-0.15, -0.1) is 0 Å². The second-order valence-electron chi connectivity index (χ2n) is 3.18. The lowest BCUT2D eigenvalue weighted by Gasteiger charge is -2.20. The molecule has 0 spiro atoms. The molecule has 0 heterocycles. The minimum absolute atomic E-state index is 0.373. The van der Waals surface area contributed by atoms with Gasteiger partial charge in [-0.3, -0.25) is 0 Å². The number of hydrogen-bond donors (Lipinski definition) is 0. The Morgan fingerprint density at radius 2 is 2.21 bits per heavy atom. The summed E-state index contributed by atoms with van der Waals surface area (Å²) in [6.07, 6.45) is 1.16. The summed E-state index contributed by atoms with van der Waals surface area (Å²) in [5.74, 6) is -0.373. The van der Waals surface area contributed by atoms with Crippen LogP contribution in [0.1, 0.15) is 0 Å². The van der Waals surface area contributed by atoms with Crippen LogP contribution in [0.25, 0.3) is 0 Å². The molecule has 14 heavy (non-hydrogen) atoms. The maximum absolute atomic E-state index is 10.6. The Morgan fingerprint density at radius 1 is 1.57 bits per heavy atom. The van der Waals surface area contributed by atoms with E-state index in [-0.39, 0.29) is 5.97 Å². The van der Waals surface area contributed by atoms with E-state index < -0.39 is 18.3 Å². The van der Waals surface area contributed by atoms with Crippen molar-refractivity contribution in [3.63, 3.8) is 0 Å². The predicted molar refractivity (Wildman–Crippen MR) is 60.1 cm³/mol. The van der Waals surface area contributed by atoms with E-state index in [0.717, 1.165) is 12.1 Å². The van der Waals surface area contributed by atoms with Crippen molar-refractivity contribution in [3.8, 4) is 0 Å². The number of rotatable bonds is 7. The normalized spacial score (nSPS) is 11.9. The summed E-state index contributed by atoms with van der Waals surface area (Å²) in [5, 5.41) is 0. The van der Waals surface area contributed by atoms with Crippen molar-refractivity contribution in [1.82, 2.24) is 0 Å². The zero-order valence-electron chi connectivity index (χ0n) is 9.04. The van der Waals surface area contributed by atoms with Crippen molar-refractivity contribution >= 4 is 24.3 Å². The third-order valence-corrected chi connectivity index (χ3v) is 6.80. The molecule has 0 aromatic rings. The smallest absolute Gasteiger partial charge is 0.330 e. The van der Waals surface area contributed by atoms with E-state index in [1.165, 1.54) is 0 Å². The maximum Gasteiger partial charge on any atom is 0.330 e. The summed E-state index contributed by atoms with van der Waals surface area (Å²) in [6.45, 7) is 7.72. The van der Waals surface area contributed by atoms with Crippen molar-refractivity contribution in [2.45, 2.75) is 19.1 Å². The molecule has 0 saturated carbocycles. The fourth-order valence-corrected chi connectivity index (χ4v) is 3.94. The van der Waals surface area contributed by atoms with E-state index in [1.54, 1.807) is 7.11 Å². The topological polar surface area (TPSA) is 44.8 Å². The number of ether oxygens (including phenoxy) is 1. The van der Waals surface area contributed by atoms with Crippen LogP contribution in [-0.2, 0) is 18.1 Å². The molecule has 0 aliphatic heterocycles. The summed E-state index contributed by atoms with van der Waals surface area (Å²) < 4.78 is 15.7. The van der Waals surface area contributed by atoms with Crippen LogP contribution >= 0.6 is 0 Å². The Balaban J connectivity index is 3.38. The molecule has 0 saturated heterocycles. The van der Waals surface area contributed by atoms with Crippen LogP contribution in [0.15, 0.2) is 12.7 Å². The predicted octanol–water partition coefficient (Wildman–Crippen LogP) is 0.582. The summed E-state index contributed by atoms with van der Waals surface area (Å²) in [6, 6.07) is 0.819. The van der Waals surface area contributed by atoms with Gasteiger partial charge in [0.15, 0.2) is 9.76 Å². The average molecular weight is 234 g/mol. The molecular formula is C8H18O4Si2. The summed E-state index contributed by atoms with van der Waals surface area (Å²) in [5.41, 5.74) is 0. The van der Waals surface area contributed by atoms with Crippen LogP contribution in [0.2, 0.25) is 19.1 Å². The van der Waals surface area contributed by atoms with E-state index in [0.29, 0.717) is 6.61 Å². The third kappa shape index (κ3) is 7.01. The van der Waals surface area contributed by atoms with Crippen molar-refractivity contribution in [2.75, 3.05) is 13.7 Å². The van der Waals surface area contributed by atoms with Crippen LogP contribution < -0.4 is 0 Å². The zero-order valence-corrected chi connectivity index (χ0v) is 11.5. The van der Waals surface area contributed by atoms with Crippen molar-refractivity contribution in [3.05, 3.63) is 12.7 Å². The Bertz CT molecular complexity index is 194. The van der Waals surface area contributed by atoms with Gasteiger partial charge in [0.05, 0.1) is 6.61 Å². The van der Waals surface area contributed by atoms with E-state index in [9.17, 15) is 4.79 Å². The Labute approximate surface area is 88.4 Å². The molecule has 0 amide bonds. The lowest BCUT2D eigenvalue weighted by atomic mass is 10.6. The molecule has 0 radical (unpaired) electrons. The quantitative estimate of drug-likeness (QED) is 0.280. The van der Waals surface area contributed by atoms with Gasteiger partial charge >= 0.3 is 14.5 Å². The van der Waals surface area contributed by atoms with Crippen molar-refractivity contribution in [2.24, 2.45) is 0 Å². The minimum atomic E-state index is -1.86. The first-order chi connectivity index (χ1) is 6.52. The summed E-state index contributed by atoms with van der Waals surface area (Å²) in [7, 11) is -0.826. The van der Waals surface area contributed by atoms with Crippen molar-refractivity contribution < 1.29 is 18.1 Å². The zero-order chi connectivity index (χ0) is 11.0. The fourth-order valence-electron chi connectivity index (χ4n) is 0.667. The van der Waals surface area contributed by atoms with Gasteiger partial charge in [-0.1, -0.05) is 6.58 Å². The largest absolute Gasteiger partial charge is 0.463 e. The highest BCUT2D eigenvalue weighted by Crippen LogP contribution is 2.03. The fraction of sp³-hybridized carbons (Fsp3) is 0.625. The molecule has 0 unspecified atom stereocenters. The van der Waals surface area contributed by atoms with Gasteiger partial charge in [0, 0.05) is 13.2 Å². The standard InChI is InChI=1S/C8H18O4Si2/c1-5-8(9)11-6-7-13-12-14(3,4)10-2/h5H,1,6-7,13H2,2-4H3. The van der Waals surface area contributed by atoms with Gasteiger partial charge in [0.2, 0.25) is 0 Å². The van der Waals surface area contributed by atoms with Crippen LogP contribution in [0.3, 0.4) is 0 Å². The molecule has 0 rings (SSSR count). The van der Waals surface area contributed by atoms with E-state index >= 15 is 0 Å². The van der Waals surface area contributed by atoms with E-state index in [4.69, 9.17) is 13.3 Å². The Morgan fingerprint density at radius 3 is 2.71 bits per heavy atom. The van der Waals surface area contributed by atoms with Gasteiger partial charge < -0.3 is 13.3 Å². The molecule has 82 valence electrons. The highest BCUT2D eigenvalue weighted by atomic mass is 28.4. The minimum Gasteiger partial charge on any atom is -0.463 e. The lowest BCUT2D eigenvalue weighted by molar-refractivity contribution is -0.137. The molecular weight excluding hydrogens is 216 g/mol. The third-order valence-electron chi connectivity index (χ3n) is 1.64. The van der Waals surface area contributed by atoms with Gasteiger partial charge in [-0.05, 0) is 19.1 Å². The molecule has 0 aliphatic carbocycles. The van der Waals surface area contributed by atoms with Crippen LogP contribution in [0, 0.1) is 0 Å². The number of esters is 1. The molecule has 0 aromatic carbocycles. The first-order valence-corrected chi connectivity index (χ1v) is 8.89. The van der Waals surface area contributed by atoms with Gasteiger partial charge in [-0.2, -0.15) is 0 Å². The molecule has 0 aromatic heterocycles. The SMILES string of the molecule is C=CC(=O)OCC[SiH2]O[Si](C)(C)OC. The second kappa shape index (κ2) is 6.94. The Hall–Kier alpha value is -0.436. The number of carbonyl (C=O) groups is 1. The Kier molecular flexibility index (Phi) is 6.72. The first-order valence-electron chi connectivity index (χ1n) is 4.50. The number of hydrogen-bond acceptors (Lipinski definition) is 4. The average Bonchev–Trinajstić information content (AvgIpc) is 2.17. The van der Waals surface area contributed by atoms with Gasteiger partial charge in [-0.25, -0.2) is 4.79 Å². The molecule has 0 fully saturated rings. The van der Waals surface area contributed by atoms with Crippen LogP contribution in [0.5, 0.6) is 0 Å². The summed E-state index contributed by atoms with van der Waals surface area (Å²) in [4.78, 5) is 10.6. The molecule has 4 nitrogen and oxygen atoms in total. The van der Waals surface area contributed by atoms with E-state index in [2.05, 4.69) is 6.58 Å². The molecule has 0 aliphatic rings. The molecule has 0 atom stereocenters. The maximum atomic E-state index is 10.6. The highest BCUT2D eigenvalue weighted by molar-refractivity contribution is 6.69. The number of carbonyl (C=O) groups excluding carboxylic acids is 1. The first kappa shape index (κ1) is 13.6.